The van der Waals surface area contributed by atoms with Gasteiger partial charge in [-0.1, -0.05) is 12.2 Å². The van der Waals surface area contributed by atoms with Crippen LogP contribution < -0.4 is 10.6 Å². The average molecular weight is 245 g/mol. The Kier molecular flexibility index (Phi) is 3.24. The highest BCUT2D eigenvalue weighted by atomic mass is 32.1. The molecule has 6 heteroatoms. The van der Waals surface area contributed by atoms with E-state index in [9.17, 15) is 0 Å². The van der Waals surface area contributed by atoms with Gasteiger partial charge in [0.2, 0.25) is 0 Å². The first-order valence-corrected chi connectivity index (χ1v) is 5.36. The van der Waals surface area contributed by atoms with Gasteiger partial charge in [0.1, 0.15) is 4.99 Å². The molecule has 0 saturated heterocycles. The third-order valence-electron chi connectivity index (χ3n) is 2.32. The zero-order valence-corrected chi connectivity index (χ0v) is 10.1. The summed E-state index contributed by atoms with van der Waals surface area (Å²) < 4.78 is 0. The summed E-state index contributed by atoms with van der Waals surface area (Å²) in [6.07, 6.45) is 5.01. The van der Waals surface area contributed by atoms with Crippen LogP contribution >= 0.6 is 12.2 Å². The first-order valence-electron chi connectivity index (χ1n) is 4.95. The third-order valence-corrected chi connectivity index (χ3v) is 2.54. The van der Waals surface area contributed by atoms with E-state index in [4.69, 9.17) is 18.0 Å². The Labute approximate surface area is 104 Å². The number of aromatic nitrogens is 3. The lowest BCUT2D eigenvalue weighted by molar-refractivity contribution is 0.981. The van der Waals surface area contributed by atoms with Crippen LogP contribution in [0.5, 0.6) is 0 Å². The summed E-state index contributed by atoms with van der Waals surface area (Å²) in [6.45, 7) is 0. The van der Waals surface area contributed by atoms with E-state index in [1.165, 1.54) is 0 Å². The summed E-state index contributed by atoms with van der Waals surface area (Å²) in [7, 11) is 1.86. The van der Waals surface area contributed by atoms with Gasteiger partial charge in [0.25, 0.3) is 0 Å². The highest BCUT2D eigenvalue weighted by Crippen LogP contribution is 2.22. The van der Waals surface area contributed by atoms with Gasteiger partial charge in [0, 0.05) is 13.2 Å². The molecular formula is C11H11N5S. The topological polar surface area (TPSA) is 67.9 Å². The van der Waals surface area contributed by atoms with Gasteiger partial charge in [-0.3, -0.25) is 4.98 Å². The van der Waals surface area contributed by atoms with Crippen LogP contribution in [0.2, 0.25) is 0 Å². The van der Waals surface area contributed by atoms with Gasteiger partial charge < -0.3 is 10.6 Å². The molecular weight excluding hydrogens is 234 g/mol. The fourth-order valence-electron chi connectivity index (χ4n) is 1.44. The van der Waals surface area contributed by atoms with E-state index in [0.29, 0.717) is 16.4 Å². The van der Waals surface area contributed by atoms with Gasteiger partial charge in [-0.2, -0.15) is 5.10 Å². The summed E-state index contributed by atoms with van der Waals surface area (Å²) in [6, 6.07) is 5.52. The Morgan fingerprint density at radius 2 is 2.18 bits per heavy atom. The Morgan fingerprint density at radius 3 is 2.82 bits per heavy atom. The van der Waals surface area contributed by atoms with Gasteiger partial charge in [-0.25, -0.2) is 0 Å². The van der Waals surface area contributed by atoms with Crippen molar-refractivity contribution in [2.75, 3.05) is 11.9 Å². The highest BCUT2D eigenvalue weighted by Gasteiger charge is 2.12. The van der Waals surface area contributed by atoms with Gasteiger partial charge in [0.15, 0.2) is 5.82 Å². The van der Waals surface area contributed by atoms with Crippen molar-refractivity contribution in [3.05, 3.63) is 42.4 Å². The first-order chi connectivity index (χ1) is 8.20. The molecule has 0 unspecified atom stereocenters. The second kappa shape index (κ2) is 4.84. The second-order valence-corrected chi connectivity index (χ2v) is 3.84. The average Bonchev–Trinajstić information content (AvgIpc) is 2.39. The van der Waals surface area contributed by atoms with E-state index < -0.39 is 0 Å². The highest BCUT2D eigenvalue weighted by molar-refractivity contribution is 7.80. The van der Waals surface area contributed by atoms with Gasteiger partial charge in [0.05, 0.1) is 23.6 Å². The number of thiocarbonyl (C=S) groups is 1. The van der Waals surface area contributed by atoms with Crippen molar-refractivity contribution in [1.82, 2.24) is 15.2 Å². The van der Waals surface area contributed by atoms with E-state index >= 15 is 0 Å². The van der Waals surface area contributed by atoms with E-state index in [2.05, 4.69) is 15.2 Å². The van der Waals surface area contributed by atoms with Gasteiger partial charge in [-0.05, 0) is 18.2 Å². The molecule has 0 saturated carbocycles. The quantitative estimate of drug-likeness (QED) is 0.821. The van der Waals surface area contributed by atoms with Crippen molar-refractivity contribution >= 4 is 28.7 Å². The molecule has 86 valence electrons. The molecule has 2 heterocycles. The smallest absolute Gasteiger partial charge is 0.165 e. The minimum absolute atomic E-state index is 0.297. The number of hydrogen-bond donors (Lipinski definition) is 1. The van der Waals surface area contributed by atoms with Crippen LogP contribution in [0, 0.1) is 0 Å². The second-order valence-electron chi connectivity index (χ2n) is 3.40. The number of hydrogen-bond acceptors (Lipinski definition) is 5. The van der Waals surface area contributed by atoms with E-state index in [1.54, 1.807) is 24.7 Å². The van der Waals surface area contributed by atoms with Crippen LogP contribution in [-0.2, 0) is 0 Å². The van der Waals surface area contributed by atoms with Crippen molar-refractivity contribution in [3.63, 3.8) is 0 Å². The molecule has 2 N–H and O–H groups in total. The van der Waals surface area contributed by atoms with Gasteiger partial charge >= 0.3 is 0 Å². The van der Waals surface area contributed by atoms with Crippen molar-refractivity contribution in [3.8, 4) is 0 Å². The Morgan fingerprint density at radius 1 is 1.35 bits per heavy atom. The molecule has 0 aliphatic heterocycles. The van der Waals surface area contributed by atoms with Crippen LogP contribution in [0.3, 0.4) is 0 Å². The number of rotatable bonds is 3. The van der Waals surface area contributed by atoms with Crippen LogP contribution in [-0.4, -0.2) is 27.2 Å². The Bertz CT molecular complexity index is 528. The maximum absolute atomic E-state index is 5.65. The van der Waals surface area contributed by atoms with E-state index in [1.807, 2.05) is 24.1 Å². The first kappa shape index (κ1) is 11.4. The number of pyridine rings is 1. The number of nitrogens with zero attached hydrogens (tertiary/aromatic N) is 4. The third kappa shape index (κ3) is 2.36. The molecule has 17 heavy (non-hydrogen) atoms. The molecule has 0 spiro atoms. The van der Waals surface area contributed by atoms with E-state index in [-0.39, 0.29) is 0 Å². The maximum Gasteiger partial charge on any atom is 0.165 e. The molecule has 0 radical (unpaired) electrons. The fraction of sp³-hybridized carbons (Fsp3) is 0.0909. The molecule has 5 nitrogen and oxygen atoms in total. The Balaban J connectivity index is 2.44. The summed E-state index contributed by atoms with van der Waals surface area (Å²) >= 11 is 4.99. The lowest BCUT2D eigenvalue weighted by atomic mass is 10.2. The Hall–Kier alpha value is -2.08. The van der Waals surface area contributed by atoms with Crippen molar-refractivity contribution in [1.29, 1.82) is 0 Å². The summed E-state index contributed by atoms with van der Waals surface area (Å²) in [5.74, 6) is 0.619. The molecule has 0 bridgehead atoms. The minimum atomic E-state index is 0.297. The maximum atomic E-state index is 5.65. The molecule has 2 rings (SSSR count). The van der Waals surface area contributed by atoms with Crippen molar-refractivity contribution in [2.24, 2.45) is 5.73 Å². The predicted molar refractivity (Wildman–Crippen MR) is 70.2 cm³/mol. The van der Waals surface area contributed by atoms with E-state index in [0.717, 1.165) is 5.69 Å². The molecule has 0 fully saturated rings. The van der Waals surface area contributed by atoms with Crippen molar-refractivity contribution in [2.45, 2.75) is 0 Å². The summed E-state index contributed by atoms with van der Waals surface area (Å²) in [4.78, 5) is 6.19. The SMILES string of the molecule is CN(c1cccnc1)c1nnccc1C(N)=S. The predicted octanol–water partition coefficient (Wildman–Crippen LogP) is 1.27. The van der Waals surface area contributed by atoms with Gasteiger partial charge in [-0.15, -0.1) is 5.10 Å². The lowest BCUT2D eigenvalue weighted by Gasteiger charge is -2.19. The molecule has 0 aliphatic rings. The molecule has 0 aromatic carbocycles. The van der Waals surface area contributed by atoms with Crippen molar-refractivity contribution < 1.29 is 0 Å². The van der Waals surface area contributed by atoms with Crippen LogP contribution in [0.4, 0.5) is 11.5 Å². The lowest BCUT2D eigenvalue weighted by Crippen LogP contribution is -2.19. The fourth-order valence-corrected chi connectivity index (χ4v) is 1.60. The van der Waals surface area contributed by atoms with Crippen LogP contribution in [0.1, 0.15) is 5.56 Å². The summed E-state index contributed by atoms with van der Waals surface area (Å²) in [5.41, 5.74) is 7.24. The molecule has 0 amide bonds. The zero-order chi connectivity index (χ0) is 12.3. The summed E-state index contributed by atoms with van der Waals surface area (Å²) in [5, 5.41) is 7.90. The molecule has 0 atom stereocenters. The number of anilines is 2. The standard InChI is InChI=1S/C11H11N5S/c1-16(8-3-2-5-13-7-8)11-9(10(12)17)4-6-14-15-11/h2-7H,1H3,(H2,12,17). The normalized spacial score (nSPS) is 9.94. The van der Waals surface area contributed by atoms with Crippen LogP contribution in [0.15, 0.2) is 36.8 Å². The van der Waals surface area contributed by atoms with Crippen LogP contribution in [0.25, 0.3) is 0 Å². The molecule has 0 aliphatic carbocycles. The minimum Gasteiger partial charge on any atom is -0.389 e. The number of nitrogens with two attached hydrogens (primary N) is 1. The molecule has 2 aromatic rings. The zero-order valence-electron chi connectivity index (χ0n) is 9.24. The largest absolute Gasteiger partial charge is 0.389 e. The molecule has 2 aromatic heterocycles. The monoisotopic (exact) mass is 245 g/mol.